The number of hydrogen-bond acceptors (Lipinski definition) is 1. The molecule has 0 fully saturated rings. The first-order chi connectivity index (χ1) is 33.0. The van der Waals surface area contributed by atoms with E-state index in [9.17, 15) is 0 Å². The number of benzene rings is 10. The van der Waals surface area contributed by atoms with Crippen molar-refractivity contribution in [1.29, 1.82) is 0 Å². The van der Waals surface area contributed by atoms with Crippen LogP contribution in [0.5, 0.6) is 0 Å². The average Bonchev–Trinajstić information content (AvgIpc) is 3.84. The van der Waals surface area contributed by atoms with Crippen LogP contribution in [-0.2, 0) is 5.41 Å². The van der Waals surface area contributed by atoms with Gasteiger partial charge in [-0.05, 0) is 144 Å². The van der Waals surface area contributed by atoms with E-state index in [1.54, 1.807) is 0 Å². The lowest BCUT2D eigenvalue weighted by atomic mass is 9.81. The maximum Gasteiger partial charge on any atom is 0.0973 e. The third-order valence-corrected chi connectivity index (χ3v) is 14.2. The molecule has 0 radical (unpaired) electrons. The molecular formula is C65H44N2. The van der Waals surface area contributed by atoms with Gasteiger partial charge in [0.25, 0.3) is 0 Å². The Labute approximate surface area is 391 Å². The van der Waals surface area contributed by atoms with Crippen molar-refractivity contribution >= 4 is 60.4 Å². The zero-order valence-electron chi connectivity index (χ0n) is 37.3. The van der Waals surface area contributed by atoms with Gasteiger partial charge >= 0.3 is 0 Å². The molecule has 1 aliphatic carbocycles. The van der Waals surface area contributed by atoms with Gasteiger partial charge < -0.3 is 9.47 Å². The molecule has 13 rings (SSSR count). The van der Waals surface area contributed by atoms with Crippen molar-refractivity contribution in [2.24, 2.45) is 0 Å². The van der Waals surface area contributed by atoms with E-state index >= 15 is 0 Å². The Morgan fingerprint density at radius 3 is 1.91 bits per heavy atom. The molecule has 0 aliphatic heterocycles. The Kier molecular flexibility index (Phi) is 8.82. The molecule has 1 aromatic heterocycles. The highest BCUT2D eigenvalue weighted by molar-refractivity contribution is 6.12. The number of hydrogen-bond donors (Lipinski definition) is 0. The van der Waals surface area contributed by atoms with Crippen molar-refractivity contribution in [3.05, 3.63) is 254 Å². The largest absolute Gasteiger partial charge is 0.309 e. The van der Waals surface area contributed by atoms with Crippen molar-refractivity contribution in [2.75, 3.05) is 4.90 Å². The fourth-order valence-corrected chi connectivity index (χ4v) is 10.9. The molecule has 67 heavy (non-hydrogen) atoms. The van der Waals surface area contributed by atoms with E-state index in [0.29, 0.717) is 0 Å². The lowest BCUT2D eigenvalue weighted by Crippen LogP contribution is -2.14. The van der Waals surface area contributed by atoms with Gasteiger partial charge in [-0.15, -0.1) is 0 Å². The van der Waals surface area contributed by atoms with E-state index in [1.165, 1.54) is 76.7 Å². The fraction of sp³-hybridized carbons (Fsp3) is 0.0462. The van der Waals surface area contributed by atoms with Crippen molar-refractivity contribution in [3.63, 3.8) is 0 Å². The average molecular weight is 853 g/mol. The van der Waals surface area contributed by atoms with Gasteiger partial charge in [0.05, 0.1) is 16.7 Å². The van der Waals surface area contributed by atoms with Gasteiger partial charge in [0.1, 0.15) is 0 Å². The number of anilines is 3. The Balaban J connectivity index is 0.919. The highest BCUT2D eigenvalue weighted by Gasteiger charge is 2.35. The van der Waals surface area contributed by atoms with Gasteiger partial charge in [-0.3, -0.25) is 0 Å². The summed E-state index contributed by atoms with van der Waals surface area (Å²) in [7, 11) is 0. The molecule has 1 heterocycles. The van der Waals surface area contributed by atoms with E-state index in [2.05, 4.69) is 266 Å². The minimum absolute atomic E-state index is 0.0813. The van der Waals surface area contributed by atoms with Crippen LogP contribution in [0.3, 0.4) is 0 Å². The Hall–Kier alpha value is -8.64. The van der Waals surface area contributed by atoms with Gasteiger partial charge in [0.2, 0.25) is 0 Å². The first-order valence-corrected chi connectivity index (χ1v) is 23.2. The molecule has 314 valence electrons. The van der Waals surface area contributed by atoms with Crippen LogP contribution >= 0.6 is 0 Å². The minimum Gasteiger partial charge on any atom is -0.309 e. The van der Waals surface area contributed by atoms with Crippen molar-refractivity contribution in [3.8, 4) is 50.2 Å². The van der Waals surface area contributed by atoms with Gasteiger partial charge in [0.15, 0.2) is 0 Å². The molecule has 0 amide bonds. The van der Waals surface area contributed by atoms with E-state index in [-0.39, 0.29) is 5.41 Å². The summed E-state index contributed by atoms with van der Waals surface area (Å²) in [6.45, 7) is 4.67. The van der Waals surface area contributed by atoms with Crippen LogP contribution in [0.2, 0.25) is 0 Å². The lowest BCUT2D eigenvalue weighted by Gasteiger charge is -2.25. The van der Waals surface area contributed by atoms with Crippen LogP contribution in [-0.4, -0.2) is 4.57 Å². The Bertz CT molecular complexity index is 3870. The van der Waals surface area contributed by atoms with Crippen LogP contribution in [0.15, 0.2) is 231 Å². The maximum absolute atomic E-state index is 3.65. The van der Waals surface area contributed by atoms with Gasteiger partial charge in [0, 0.05) is 38.8 Å². The second-order valence-corrected chi connectivity index (χ2v) is 18.4. The number of fused-ring (bicyclic) bond motifs is 9. The quantitative estimate of drug-likeness (QED) is 0.145. The van der Waals surface area contributed by atoms with E-state index in [4.69, 9.17) is 0 Å². The van der Waals surface area contributed by atoms with Crippen molar-refractivity contribution in [1.82, 2.24) is 4.57 Å². The SMILES string of the molecule is CC1(C)c2ccccc2-c2ccc(-c3c#cc(N(c4ccc(-c5cccc6c5ccc5ccccc56)cc4)c4cccc(-c5ccc6c7ccccc7n(-c7ccccc7)c6c5)c4)cc3)cc21. The smallest absolute Gasteiger partial charge is 0.0973 e. The molecule has 0 N–H and O–H groups in total. The molecular weight excluding hydrogens is 809 g/mol. The van der Waals surface area contributed by atoms with Crippen LogP contribution in [0.1, 0.15) is 25.0 Å². The summed E-state index contributed by atoms with van der Waals surface area (Å²) in [4.78, 5) is 2.31. The summed E-state index contributed by atoms with van der Waals surface area (Å²) in [5.41, 5.74) is 18.7. The molecule has 11 aromatic carbocycles. The summed E-state index contributed by atoms with van der Waals surface area (Å²) < 4.78 is 2.39. The predicted molar refractivity (Wildman–Crippen MR) is 282 cm³/mol. The Morgan fingerprint density at radius 1 is 0.373 bits per heavy atom. The van der Waals surface area contributed by atoms with E-state index in [0.717, 1.165) is 45.0 Å². The van der Waals surface area contributed by atoms with E-state index in [1.807, 2.05) is 0 Å². The predicted octanol–water partition coefficient (Wildman–Crippen LogP) is 17.5. The summed E-state index contributed by atoms with van der Waals surface area (Å²) >= 11 is 0. The summed E-state index contributed by atoms with van der Waals surface area (Å²) in [6.07, 6.45) is 0. The lowest BCUT2D eigenvalue weighted by molar-refractivity contribution is 0.660. The summed E-state index contributed by atoms with van der Waals surface area (Å²) in [6, 6.07) is 91.4. The van der Waals surface area contributed by atoms with Crippen LogP contribution < -0.4 is 4.90 Å². The highest BCUT2D eigenvalue weighted by Crippen LogP contribution is 2.50. The molecule has 0 bridgehead atoms. The number of rotatable bonds is 7. The minimum atomic E-state index is -0.0813. The Morgan fingerprint density at radius 2 is 1.04 bits per heavy atom. The number of nitrogens with zero attached hydrogens (tertiary/aromatic N) is 2. The van der Waals surface area contributed by atoms with Crippen molar-refractivity contribution < 1.29 is 0 Å². The monoisotopic (exact) mass is 852 g/mol. The number of para-hydroxylation sites is 2. The zero-order valence-corrected chi connectivity index (χ0v) is 37.3. The fourth-order valence-electron chi connectivity index (χ4n) is 10.9. The van der Waals surface area contributed by atoms with Crippen LogP contribution in [0, 0.1) is 12.1 Å². The van der Waals surface area contributed by atoms with Crippen LogP contribution in [0.4, 0.5) is 17.1 Å². The van der Waals surface area contributed by atoms with Gasteiger partial charge in [-0.25, -0.2) is 0 Å². The third-order valence-electron chi connectivity index (χ3n) is 14.2. The molecule has 0 atom stereocenters. The van der Waals surface area contributed by atoms with Gasteiger partial charge in [-0.2, -0.15) is 0 Å². The molecule has 0 saturated carbocycles. The molecule has 12 aromatic rings. The van der Waals surface area contributed by atoms with Crippen molar-refractivity contribution in [2.45, 2.75) is 19.3 Å². The number of aromatic nitrogens is 1. The molecule has 0 saturated heterocycles. The molecule has 1 aliphatic rings. The topological polar surface area (TPSA) is 8.17 Å². The summed E-state index contributed by atoms with van der Waals surface area (Å²) in [5, 5.41) is 7.53. The van der Waals surface area contributed by atoms with E-state index < -0.39 is 0 Å². The van der Waals surface area contributed by atoms with Gasteiger partial charge in [-0.1, -0.05) is 184 Å². The highest BCUT2D eigenvalue weighted by atomic mass is 15.1. The molecule has 2 heteroatoms. The first kappa shape index (κ1) is 38.8. The first-order valence-electron chi connectivity index (χ1n) is 23.2. The second-order valence-electron chi connectivity index (χ2n) is 18.4. The molecule has 2 nitrogen and oxygen atoms in total. The summed E-state index contributed by atoms with van der Waals surface area (Å²) in [5.74, 6) is 0. The normalized spacial score (nSPS) is 12.6. The second kappa shape index (κ2) is 15.2. The van der Waals surface area contributed by atoms with Crippen LogP contribution in [0.25, 0.3) is 93.5 Å². The molecule has 0 unspecified atom stereocenters. The standard InChI is InChI=1S/C65H44N2/c1-65(2)61-24-10-8-20-57(61)58-38-31-47(41-62(58)65)43-26-33-50(34-27-43)66(51-35-28-45(29-36-51)54-22-13-23-55-53-19-7-6-14-44(53)30-37-56(54)55)52-18-12-15-46(40-52)48-32-39-60-59-21-9-11-25-63(59)67(64(60)42-48)49-16-4-3-5-17-49/h3-26,28-33,35-42H,1-2H3. The molecule has 0 spiro atoms. The maximum atomic E-state index is 3.65. The third kappa shape index (κ3) is 6.28. The zero-order chi connectivity index (χ0) is 44.6.